The van der Waals surface area contributed by atoms with Crippen molar-refractivity contribution in [1.29, 1.82) is 0 Å². The summed E-state index contributed by atoms with van der Waals surface area (Å²) in [6.45, 7) is 2.14. The summed E-state index contributed by atoms with van der Waals surface area (Å²) in [6.07, 6.45) is 2.75. The third-order valence-corrected chi connectivity index (χ3v) is 2.83. The molecule has 1 amide bonds. The zero-order chi connectivity index (χ0) is 9.97. The molecule has 1 atom stereocenters. The zero-order valence-corrected chi connectivity index (χ0v) is 8.44. The highest BCUT2D eigenvalue weighted by atomic mass is 16.2. The Morgan fingerprint density at radius 1 is 1.36 bits per heavy atom. The summed E-state index contributed by atoms with van der Waals surface area (Å²) in [7, 11) is 0. The van der Waals surface area contributed by atoms with Gasteiger partial charge in [0.1, 0.15) is 0 Å². The van der Waals surface area contributed by atoms with Crippen LogP contribution in [0.2, 0.25) is 0 Å². The molecule has 74 valence electrons. The number of anilines is 1. The monoisotopic (exact) mass is 189 g/mol. The normalized spacial score (nSPS) is 21.6. The minimum atomic E-state index is 0.267. The first-order chi connectivity index (χ1) is 6.83. The van der Waals surface area contributed by atoms with Crippen molar-refractivity contribution in [1.82, 2.24) is 0 Å². The van der Waals surface area contributed by atoms with E-state index in [2.05, 4.69) is 6.92 Å². The molecule has 2 heteroatoms. The summed E-state index contributed by atoms with van der Waals surface area (Å²) in [5.41, 5.74) is 1.04. The van der Waals surface area contributed by atoms with Crippen molar-refractivity contribution in [2.24, 2.45) is 0 Å². The first-order valence-corrected chi connectivity index (χ1v) is 5.20. The van der Waals surface area contributed by atoms with Gasteiger partial charge in [0.25, 0.3) is 0 Å². The smallest absolute Gasteiger partial charge is 0.227 e. The van der Waals surface area contributed by atoms with Crippen LogP contribution in [0.25, 0.3) is 0 Å². The van der Waals surface area contributed by atoms with Gasteiger partial charge in [0.2, 0.25) is 5.91 Å². The topological polar surface area (TPSA) is 20.3 Å². The van der Waals surface area contributed by atoms with E-state index in [1.165, 1.54) is 0 Å². The van der Waals surface area contributed by atoms with Crippen LogP contribution >= 0.6 is 0 Å². The summed E-state index contributed by atoms with van der Waals surface area (Å²) >= 11 is 0. The van der Waals surface area contributed by atoms with Crippen molar-refractivity contribution in [2.45, 2.75) is 32.2 Å². The number of rotatable bonds is 2. The average molecular weight is 189 g/mol. The Hall–Kier alpha value is -1.31. The Morgan fingerprint density at radius 3 is 2.71 bits per heavy atom. The Morgan fingerprint density at radius 2 is 2.07 bits per heavy atom. The van der Waals surface area contributed by atoms with Gasteiger partial charge in [0.05, 0.1) is 0 Å². The molecule has 0 radical (unpaired) electrons. The van der Waals surface area contributed by atoms with Gasteiger partial charge in [0.15, 0.2) is 0 Å². The van der Waals surface area contributed by atoms with E-state index < -0.39 is 0 Å². The Bertz CT molecular complexity index is 320. The first kappa shape index (κ1) is 9.25. The van der Waals surface area contributed by atoms with Crippen LogP contribution in [0.15, 0.2) is 30.3 Å². The second kappa shape index (κ2) is 3.82. The molecule has 1 heterocycles. The summed E-state index contributed by atoms with van der Waals surface area (Å²) < 4.78 is 0. The fourth-order valence-electron chi connectivity index (χ4n) is 2.07. The van der Waals surface area contributed by atoms with E-state index >= 15 is 0 Å². The lowest BCUT2D eigenvalue weighted by atomic mass is 10.1. The highest BCUT2D eigenvalue weighted by Gasteiger charge is 2.30. The molecular weight excluding hydrogens is 174 g/mol. The molecule has 0 saturated carbocycles. The van der Waals surface area contributed by atoms with Gasteiger partial charge in [0, 0.05) is 18.2 Å². The van der Waals surface area contributed by atoms with Crippen molar-refractivity contribution >= 4 is 11.6 Å². The highest BCUT2D eigenvalue weighted by molar-refractivity contribution is 5.96. The van der Waals surface area contributed by atoms with Gasteiger partial charge in [-0.05, 0) is 25.0 Å². The molecule has 1 unspecified atom stereocenters. The second-order valence-corrected chi connectivity index (χ2v) is 3.70. The largest absolute Gasteiger partial charge is 0.309 e. The molecule has 0 spiro atoms. The molecule has 1 aromatic carbocycles. The number of amides is 1. The molecule has 0 aromatic heterocycles. The van der Waals surface area contributed by atoms with E-state index in [-0.39, 0.29) is 5.91 Å². The predicted molar refractivity (Wildman–Crippen MR) is 57.2 cm³/mol. The second-order valence-electron chi connectivity index (χ2n) is 3.70. The zero-order valence-electron chi connectivity index (χ0n) is 8.44. The Balaban J connectivity index is 2.28. The number of benzene rings is 1. The first-order valence-electron chi connectivity index (χ1n) is 5.20. The minimum Gasteiger partial charge on any atom is -0.309 e. The van der Waals surface area contributed by atoms with E-state index in [0.717, 1.165) is 18.5 Å². The highest BCUT2D eigenvalue weighted by Crippen LogP contribution is 2.27. The molecule has 1 saturated heterocycles. The molecule has 1 fully saturated rings. The molecule has 0 bridgehead atoms. The average Bonchev–Trinajstić information content (AvgIpc) is 2.61. The number of carbonyl (C=O) groups excluding carboxylic acids is 1. The lowest BCUT2D eigenvalue weighted by molar-refractivity contribution is -0.117. The molecule has 1 aromatic rings. The van der Waals surface area contributed by atoms with Crippen LogP contribution in [-0.2, 0) is 4.79 Å². The van der Waals surface area contributed by atoms with E-state index in [4.69, 9.17) is 0 Å². The van der Waals surface area contributed by atoms with Gasteiger partial charge >= 0.3 is 0 Å². The number of hydrogen-bond acceptors (Lipinski definition) is 1. The van der Waals surface area contributed by atoms with Crippen LogP contribution < -0.4 is 4.90 Å². The predicted octanol–water partition coefficient (Wildman–Crippen LogP) is 2.59. The molecule has 1 aliphatic heterocycles. The lowest BCUT2D eigenvalue weighted by Gasteiger charge is -2.23. The van der Waals surface area contributed by atoms with Gasteiger partial charge in [-0.15, -0.1) is 0 Å². The maximum absolute atomic E-state index is 11.7. The van der Waals surface area contributed by atoms with Crippen LogP contribution in [0.3, 0.4) is 0 Å². The minimum absolute atomic E-state index is 0.267. The van der Waals surface area contributed by atoms with Crippen molar-refractivity contribution in [3.8, 4) is 0 Å². The fraction of sp³-hybridized carbons (Fsp3) is 0.417. The van der Waals surface area contributed by atoms with Gasteiger partial charge in [-0.3, -0.25) is 4.79 Å². The molecular formula is C12H15NO. The third kappa shape index (κ3) is 1.52. The summed E-state index contributed by atoms with van der Waals surface area (Å²) in [4.78, 5) is 13.6. The van der Waals surface area contributed by atoms with Crippen LogP contribution in [-0.4, -0.2) is 11.9 Å². The number of hydrogen-bond donors (Lipinski definition) is 0. The lowest BCUT2D eigenvalue weighted by Crippen LogP contribution is -2.32. The molecule has 2 nitrogen and oxygen atoms in total. The van der Waals surface area contributed by atoms with Crippen molar-refractivity contribution in [3.05, 3.63) is 30.3 Å². The number of para-hydroxylation sites is 1. The number of nitrogens with zero attached hydrogens (tertiary/aromatic N) is 1. The van der Waals surface area contributed by atoms with E-state index in [9.17, 15) is 4.79 Å². The van der Waals surface area contributed by atoms with Crippen LogP contribution in [0.4, 0.5) is 5.69 Å². The molecule has 14 heavy (non-hydrogen) atoms. The van der Waals surface area contributed by atoms with E-state index in [0.29, 0.717) is 12.5 Å². The molecule has 1 aliphatic rings. The summed E-state index contributed by atoms with van der Waals surface area (Å²) in [5.74, 6) is 0.267. The maximum Gasteiger partial charge on any atom is 0.227 e. The van der Waals surface area contributed by atoms with Crippen molar-refractivity contribution in [3.63, 3.8) is 0 Å². The van der Waals surface area contributed by atoms with E-state index in [1.807, 2.05) is 35.2 Å². The number of carbonyl (C=O) groups is 1. The summed E-state index contributed by atoms with van der Waals surface area (Å²) in [5, 5.41) is 0. The van der Waals surface area contributed by atoms with Crippen LogP contribution in [0.5, 0.6) is 0 Å². The van der Waals surface area contributed by atoms with E-state index in [1.54, 1.807) is 0 Å². The maximum atomic E-state index is 11.7. The third-order valence-electron chi connectivity index (χ3n) is 2.83. The van der Waals surface area contributed by atoms with Gasteiger partial charge in [-0.2, -0.15) is 0 Å². The quantitative estimate of drug-likeness (QED) is 0.700. The van der Waals surface area contributed by atoms with Crippen molar-refractivity contribution in [2.75, 3.05) is 4.90 Å². The SMILES string of the molecule is CCC1CCC(=O)N1c1ccccc1. The molecule has 0 aliphatic carbocycles. The summed E-state index contributed by atoms with van der Waals surface area (Å²) in [6, 6.07) is 10.4. The van der Waals surface area contributed by atoms with Crippen LogP contribution in [0.1, 0.15) is 26.2 Å². The van der Waals surface area contributed by atoms with Gasteiger partial charge < -0.3 is 4.90 Å². The fourth-order valence-corrected chi connectivity index (χ4v) is 2.07. The Kier molecular flexibility index (Phi) is 2.53. The van der Waals surface area contributed by atoms with Gasteiger partial charge in [-0.25, -0.2) is 0 Å². The molecule has 0 N–H and O–H groups in total. The Labute approximate surface area is 84.5 Å². The van der Waals surface area contributed by atoms with Crippen LogP contribution in [0, 0.1) is 0 Å². The van der Waals surface area contributed by atoms with Crippen molar-refractivity contribution < 1.29 is 4.79 Å². The standard InChI is InChI=1S/C12H15NO/c1-2-10-8-9-12(14)13(10)11-6-4-3-5-7-11/h3-7,10H,2,8-9H2,1H3. The molecule has 2 rings (SSSR count). The van der Waals surface area contributed by atoms with Gasteiger partial charge in [-0.1, -0.05) is 25.1 Å².